The third-order valence-corrected chi connectivity index (χ3v) is 5.73. The number of hydrogen-bond acceptors (Lipinski definition) is 3. The Morgan fingerprint density at radius 2 is 1.88 bits per heavy atom. The predicted octanol–water partition coefficient (Wildman–Crippen LogP) is 1.21. The van der Waals surface area contributed by atoms with E-state index in [0.717, 1.165) is 25.7 Å². The largest absolute Gasteiger partial charge is 0.339 e. The first kappa shape index (κ1) is 12.9. The number of rotatable bonds is 3. The van der Waals surface area contributed by atoms with Crippen molar-refractivity contribution >= 4 is 15.7 Å². The number of nitrogens with zero attached hydrogens (tertiary/aromatic N) is 1. The molecule has 2 fully saturated rings. The quantitative estimate of drug-likeness (QED) is 0.765. The van der Waals surface area contributed by atoms with Crippen LogP contribution in [0.5, 0.6) is 0 Å². The summed E-state index contributed by atoms with van der Waals surface area (Å²) in [6.07, 6.45) is 4.85. The molecule has 17 heavy (non-hydrogen) atoms. The summed E-state index contributed by atoms with van der Waals surface area (Å²) in [6.45, 7) is 2.58. The molecule has 1 amide bonds. The van der Waals surface area contributed by atoms with E-state index in [2.05, 4.69) is 0 Å². The van der Waals surface area contributed by atoms with E-state index in [1.165, 1.54) is 0 Å². The fraction of sp³-hybridized carbons (Fsp3) is 0.917. The Balaban J connectivity index is 2.03. The van der Waals surface area contributed by atoms with Crippen LogP contribution < -0.4 is 0 Å². The maximum Gasteiger partial charge on any atom is 0.225 e. The first-order chi connectivity index (χ1) is 8.03. The van der Waals surface area contributed by atoms with Crippen LogP contribution >= 0.6 is 0 Å². The second-order valence-corrected chi connectivity index (χ2v) is 7.39. The van der Waals surface area contributed by atoms with Crippen molar-refractivity contribution in [1.82, 2.24) is 4.90 Å². The maximum absolute atomic E-state index is 12.3. The summed E-state index contributed by atoms with van der Waals surface area (Å²) in [4.78, 5) is 14.1. The molecule has 5 heteroatoms. The monoisotopic (exact) mass is 259 g/mol. The van der Waals surface area contributed by atoms with Gasteiger partial charge in [0.05, 0.1) is 11.5 Å². The molecule has 2 aliphatic rings. The molecular weight excluding hydrogens is 238 g/mol. The Morgan fingerprint density at radius 3 is 2.35 bits per heavy atom. The summed E-state index contributed by atoms with van der Waals surface area (Å²) in [5.74, 6) is 0.746. The van der Waals surface area contributed by atoms with Crippen molar-refractivity contribution in [2.45, 2.75) is 45.1 Å². The first-order valence-corrected chi connectivity index (χ1v) is 8.36. The molecule has 1 saturated carbocycles. The van der Waals surface area contributed by atoms with Crippen molar-refractivity contribution in [3.63, 3.8) is 0 Å². The second-order valence-electron chi connectivity index (χ2n) is 5.16. The molecule has 1 unspecified atom stereocenters. The molecule has 2 rings (SSSR count). The van der Waals surface area contributed by atoms with Gasteiger partial charge in [0, 0.05) is 18.5 Å². The van der Waals surface area contributed by atoms with Gasteiger partial charge in [0.15, 0.2) is 9.84 Å². The fourth-order valence-electron chi connectivity index (χ4n) is 3.02. The van der Waals surface area contributed by atoms with Gasteiger partial charge in [-0.1, -0.05) is 12.8 Å². The Hall–Kier alpha value is -0.580. The molecule has 0 spiro atoms. The average Bonchev–Trinajstić information content (AvgIpc) is 2.88. The highest BCUT2D eigenvalue weighted by atomic mass is 32.2. The molecule has 1 aliphatic carbocycles. The summed E-state index contributed by atoms with van der Waals surface area (Å²) in [6, 6.07) is -0.0712. The number of hydrogen-bond donors (Lipinski definition) is 0. The standard InChI is InChI=1S/C12H21NO3S/c1-2-13(11-7-8-17(15,16)9-11)12(14)10-5-3-4-6-10/h10-11H,2-9H2,1H3. The summed E-state index contributed by atoms with van der Waals surface area (Å²) in [5.41, 5.74) is 0. The van der Waals surface area contributed by atoms with E-state index in [1.54, 1.807) is 4.90 Å². The zero-order chi connectivity index (χ0) is 12.5. The Bertz CT molecular complexity index is 385. The highest BCUT2D eigenvalue weighted by Crippen LogP contribution is 2.28. The van der Waals surface area contributed by atoms with Crippen molar-refractivity contribution in [2.75, 3.05) is 18.1 Å². The molecule has 1 aliphatic heterocycles. The molecule has 4 nitrogen and oxygen atoms in total. The van der Waals surface area contributed by atoms with Crippen LogP contribution in [0.4, 0.5) is 0 Å². The lowest BCUT2D eigenvalue weighted by Crippen LogP contribution is -2.43. The molecule has 0 radical (unpaired) electrons. The van der Waals surface area contributed by atoms with Crippen molar-refractivity contribution in [1.29, 1.82) is 0 Å². The van der Waals surface area contributed by atoms with Crippen LogP contribution in [-0.2, 0) is 14.6 Å². The fourth-order valence-corrected chi connectivity index (χ4v) is 4.75. The van der Waals surface area contributed by atoms with E-state index in [9.17, 15) is 13.2 Å². The molecule has 0 N–H and O–H groups in total. The van der Waals surface area contributed by atoms with Crippen molar-refractivity contribution in [3.05, 3.63) is 0 Å². The van der Waals surface area contributed by atoms with Crippen molar-refractivity contribution in [2.24, 2.45) is 5.92 Å². The van der Waals surface area contributed by atoms with Gasteiger partial charge >= 0.3 is 0 Å². The topological polar surface area (TPSA) is 54.5 Å². The molecule has 0 aromatic heterocycles. The third-order valence-electron chi connectivity index (χ3n) is 3.98. The smallest absolute Gasteiger partial charge is 0.225 e. The summed E-state index contributed by atoms with van der Waals surface area (Å²) in [7, 11) is -2.90. The van der Waals surface area contributed by atoms with Crippen LogP contribution in [0.2, 0.25) is 0 Å². The minimum Gasteiger partial charge on any atom is -0.339 e. The summed E-state index contributed by atoms with van der Waals surface area (Å²) >= 11 is 0. The minimum absolute atomic E-state index is 0.0712. The van der Waals surface area contributed by atoms with Crippen LogP contribution in [-0.4, -0.2) is 43.3 Å². The van der Waals surface area contributed by atoms with Crippen LogP contribution in [0.1, 0.15) is 39.0 Å². The number of amides is 1. The van der Waals surface area contributed by atoms with Crippen LogP contribution in [0.15, 0.2) is 0 Å². The molecular formula is C12H21NO3S. The third kappa shape index (κ3) is 2.81. The molecule has 0 aromatic rings. The van der Waals surface area contributed by atoms with Gasteiger partial charge in [-0.15, -0.1) is 0 Å². The SMILES string of the molecule is CCN(C(=O)C1CCCC1)C1CCS(=O)(=O)C1. The van der Waals surface area contributed by atoms with Gasteiger partial charge < -0.3 is 4.90 Å². The zero-order valence-electron chi connectivity index (χ0n) is 10.4. The second kappa shape index (κ2) is 4.96. The molecule has 1 saturated heterocycles. The first-order valence-electron chi connectivity index (χ1n) is 6.54. The van der Waals surface area contributed by atoms with Crippen LogP contribution in [0.3, 0.4) is 0 Å². The maximum atomic E-state index is 12.3. The van der Waals surface area contributed by atoms with E-state index >= 15 is 0 Å². The van der Waals surface area contributed by atoms with Gasteiger partial charge in [0.25, 0.3) is 0 Å². The lowest BCUT2D eigenvalue weighted by molar-refractivity contribution is -0.137. The molecule has 98 valence electrons. The predicted molar refractivity (Wildman–Crippen MR) is 66.4 cm³/mol. The van der Waals surface area contributed by atoms with Gasteiger partial charge in [0.1, 0.15) is 0 Å². The van der Waals surface area contributed by atoms with Gasteiger partial charge in [0.2, 0.25) is 5.91 Å². The van der Waals surface area contributed by atoms with Crippen molar-refractivity contribution < 1.29 is 13.2 Å². The van der Waals surface area contributed by atoms with Crippen molar-refractivity contribution in [3.8, 4) is 0 Å². The Kier molecular flexibility index (Phi) is 3.76. The van der Waals surface area contributed by atoms with E-state index in [0.29, 0.717) is 13.0 Å². The van der Waals surface area contributed by atoms with Gasteiger partial charge in [-0.3, -0.25) is 4.79 Å². The molecule has 1 atom stereocenters. The molecule has 1 heterocycles. The van der Waals surface area contributed by atoms with E-state index in [4.69, 9.17) is 0 Å². The molecule has 0 bridgehead atoms. The zero-order valence-corrected chi connectivity index (χ0v) is 11.2. The van der Waals surface area contributed by atoms with E-state index < -0.39 is 9.84 Å². The van der Waals surface area contributed by atoms with E-state index in [1.807, 2.05) is 6.92 Å². The van der Waals surface area contributed by atoms with Crippen LogP contribution in [0.25, 0.3) is 0 Å². The highest BCUT2D eigenvalue weighted by molar-refractivity contribution is 7.91. The van der Waals surface area contributed by atoms with Crippen LogP contribution in [0, 0.1) is 5.92 Å². The minimum atomic E-state index is -2.90. The number of carbonyl (C=O) groups is 1. The number of sulfone groups is 1. The normalized spacial score (nSPS) is 28.4. The van der Waals surface area contributed by atoms with Gasteiger partial charge in [-0.25, -0.2) is 8.42 Å². The Morgan fingerprint density at radius 1 is 1.24 bits per heavy atom. The lowest BCUT2D eigenvalue weighted by Gasteiger charge is -2.29. The average molecular weight is 259 g/mol. The summed E-state index contributed by atoms with van der Waals surface area (Å²) < 4.78 is 22.9. The lowest BCUT2D eigenvalue weighted by atomic mass is 10.0. The summed E-state index contributed by atoms with van der Waals surface area (Å²) in [5, 5.41) is 0. The molecule has 0 aromatic carbocycles. The highest BCUT2D eigenvalue weighted by Gasteiger charge is 2.36. The van der Waals surface area contributed by atoms with E-state index in [-0.39, 0.29) is 29.4 Å². The number of carbonyl (C=O) groups excluding carboxylic acids is 1. The van der Waals surface area contributed by atoms with Gasteiger partial charge in [-0.2, -0.15) is 0 Å². The van der Waals surface area contributed by atoms with Gasteiger partial charge in [-0.05, 0) is 26.2 Å². The Labute approximate surface area is 103 Å².